The van der Waals surface area contributed by atoms with E-state index in [9.17, 15) is 0 Å². The van der Waals surface area contributed by atoms with Gasteiger partial charge in [-0.15, -0.1) is 0 Å². The molecule has 0 saturated carbocycles. The fourth-order valence-electron chi connectivity index (χ4n) is 3.69. The number of rotatable bonds is 3. The molecule has 1 heterocycles. The smallest absolute Gasteiger partial charge is 0.161 e. The molecule has 0 spiro atoms. The molecule has 26 heavy (non-hydrogen) atoms. The zero-order chi connectivity index (χ0) is 19.1. The van der Waals surface area contributed by atoms with E-state index >= 15 is 0 Å². The molecule has 0 N–H and O–H groups in total. The van der Waals surface area contributed by atoms with E-state index in [4.69, 9.17) is 9.47 Å². The highest BCUT2D eigenvalue weighted by atomic mass is 16.5. The fraction of sp³-hybridized carbons (Fsp3) is 0.391. The molecule has 1 aliphatic heterocycles. The van der Waals surface area contributed by atoms with Gasteiger partial charge in [-0.25, -0.2) is 0 Å². The van der Waals surface area contributed by atoms with Crippen LogP contribution in [0.3, 0.4) is 0 Å². The fourth-order valence-corrected chi connectivity index (χ4v) is 3.69. The van der Waals surface area contributed by atoms with Crippen LogP contribution < -0.4 is 14.4 Å². The average molecular weight is 351 g/mol. The van der Waals surface area contributed by atoms with Crippen LogP contribution in [0.25, 0.3) is 6.08 Å². The summed E-state index contributed by atoms with van der Waals surface area (Å²) in [6.07, 6.45) is 2.22. The minimum absolute atomic E-state index is 0.160. The largest absolute Gasteiger partial charge is 0.493 e. The van der Waals surface area contributed by atoms with Crippen molar-refractivity contribution >= 4 is 11.8 Å². The molecule has 0 bridgehead atoms. The van der Waals surface area contributed by atoms with Gasteiger partial charge in [0.2, 0.25) is 0 Å². The number of nitrogens with zero attached hydrogens (tertiary/aromatic N) is 1. The summed E-state index contributed by atoms with van der Waals surface area (Å²) in [5.74, 6) is 1.54. The van der Waals surface area contributed by atoms with E-state index in [1.807, 2.05) is 0 Å². The Labute approximate surface area is 157 Å². The number of allylic oxidation sites excluding steroid dienone is 1. The quantitative estimate of drug-likeness (QED) is 0.683. The maximum absolute atomic E-state index is 5.51. The summed E-state index contributed by atoms with van der Waals surface area (Å²) in [5.41, 5.74) is 6.37. The van der Waals surface area contributed by atoms with Crippen LogP contribution >= 0.6 is 0 Å². The second-order valence-electron chi connectivity index (χ2n) is 7.96. The molecule has 1 aliphatic rings. The highest BCUT2D eigenvalue weighted by Crippen LogP contribution is 2.42. The Bertz CT molecular complexity index is 829. The second-order valence-corrected chi connectivity index (χ2v) is 7.96. The van der Waals surface area contributed by atoms with Gasteiger partial charge in [0.1, 0.15) is 0 Å². The molecule has 2 aromatic carbocycles. The lowest BCUT2D eigenvalue weighted by molar-refractivity contribution is 0.354. The summed E-state index contributed by atoms with van der Waals surface area (Å²) in [7, 11) is 3.36. The van der Waals surface area contributed by atoms with E-state index < -0.39 is 0 Å². The third-order valence-corrected chi connectivity index (χ3v) is 5.18. The van der Waals surface area contributed by atoms with Gasteiger partial charge in [0.15, 0.2) is 11.5 Å². The Balaban J connectivity index is 2.03. The zero-order valence-electron chi connectivity index (χ0n) is 16.9. The first kappa shape index (κ1) is 18.4. The monoisotopic (exact) mass is 351 g/mol. The molecule has 3 nitrogen and oxygen atoms in total. The number of hydrogen-bond donors (Lipinski definition) is 0. The maximum atomic E-state index is 5.51. The van der Waals surface area contributed by atoms with E-state index in [1.54, 1.807) is 14.2 Å². The molecular weight excluding hydrogens is 322 g/mol. The average Bonchev–Trinajstić information content (AvgIpc) is 2.60. The van der Waals surface area contributed by atoms with Crippen molar-refractivity contribution < 1.29 is 9.47 Å². The summed E-state index contributed by atoms with van der Waals surface area (Å²) in [6.45, 7) is 11.1. The molecule has 1 atom stereocenters. The van der Waals surface area contributed by atoms with Crippen molar-refractivity contribution in [1.29, 1.82) is 0 Å². The van der Waals surface area contributed by atoms with Crippen LogP contribution in [-0.4, -0.2) is 14.2 Å². The molecule has 0 saturated heterocycles. The SMILES string of the molecule is COc1cc2c(cc1OC)C(C)N(c1ccc(C(C)(C)C)cc1)C(C)=C2. The third kappa shape index (κ3) is 3.18. The number of hydrogen-bond acceptors (Lipinski definition) is 3. The van der Waals surface area contributed by atoms with E-state index in [1.165, 1.54) is 28.1 Å². The first-order chi connectivity index (χ1) is 12.3. The Morgan fingerprint density at radius 1 is 0.923 bits per heavy atom. The van der Waals surface area contributed by atoms with Crippen LogP contribution in [0.2, 0.25) is 0 Å². The molecule has 1 unspecified atom stereocenters. The maximum Gasteiger partial charge on any atom is 0.161 e. The van der Waals surface area contributed by atoms with Gasteiger partial charge in [-0.1, -0.05) is 32.9 Å². The van der Waals surface area contributed by atoms with Crippen molar-refractivity contribution in [1.82, 2.24) is 0 Å². The lowest BCUT2D eigenvalue weighted by Crippen LogP contribution is -2.28. The molecule has 0 fully saturated rings. The van der Waals surface area contributed by atoms with Crippen LogP contribution in [0.4, 0.5) is 5.69 Å². The zero-order valence-corrected chi connectivity index (χ0v) is 16.9. The summed E-state index contributed by atoms with van der Waals surface area (Å²) in [4.78, 5) is 2.38. The number of anilines is 1. The standard InChI is InChI=1S/C23H29NO2/c1-15-12-17-13-21(25-6)22(26-7)14-20(17)16(2)24(15)19-10-8-18(9-11-19)23(3,4)5/h8-14,16H,1-7H3. The van der Waals surface area contributed by atoms with Gasteiger partial charge in [0, 0.05) is 11.4 Å². The Kier molecular flexibility index (Phi) is 4.74. The Morgan fingerprint density at radius 3 is 2.04 bits per heavy atom. The number of ether oxygens (including phenoxy) is 2. The van der Waals surface area contributed by atoms with E-state index in [0.717, 1.165) is 11.5 Å². The van der Waals surface area contributed by atoms with Crippen molar-refractivity contribution in [3.8, 4) is 11.5 Å². The van der Waals surface area contributed by atoms with Crippen molar-refractivity contribution in [3.05, 3.63) is 58.8 Å². The highest BCUT2D eigenvalue weighted by molar-refractivity contribution is 5.72. The van der Waals surface area contributed by atoms with Gasteiger partial charge in [-0.3, -0.25) is 0 Å². The summed E-state index contributed by atoms with van der Waals surface area (Å²) in [5, 5.41) is 0. The van der Waals surface area contributed by atoms with Crippen LogP contribution in [0.15, 0.2) is 42.1 Å². The molecule has 0 aliphatic carbocycles. The molecule has 0 amide bonds. The van der Waals surface area contributed by atoms with E-state index in [0.29, 0.717) is 0 Å². The van der Waals surface area contributed by atoms with Gasteiger partial charge >= 0.3 is 0 Å². The van der Waals surface area contributed by atoms with Crippen molar-refractivity contribution in [2.75, 3.05) is 19.1 Å². The van der Waals surface area contributed by atoms with Gasteiger partial charge < -0.3 is 14.4 Å². The van der Waals surface area contributed by atoms with Crippen LogP contribution in [0, 0.1) is 0 Å². The molecular formula is C23H29NO2. The molecule has 2 aromatic rings. The summed E-state index contributed by atoms with van der Waals surface area (Å²) >= 11 is 0. The van der Waals surface area contributed by atoms with E-state index in [-0.39, 0.29) is 11.5 Å². The first-order valence-corrected chi connectivity index (χ1v) is 9.10. The summed E-state index contributed by atoms with van der Waals surface area (Å²) < 4.78 is 11.0. The van der Waals surface area contributed by atoms with E-state index in [2.05, 4.69) is 82.0 Å². The minimum Gasteiger partial charge on any atom is -0.493 e. The molecule has 0 aromatic heterocycles. The topological polar surface area (TPSA) is 21.7 Å². The predicted molar refractivity (Wildman–Crippen MR) is 109 cm³/mol. The van der Waals surface area contributed by atoms with Crippen LogP contribution in [-0.2, 0) is 5.41 Å². The van der Waals surface area contributed by atoms with Crippen molar-refractivity contribution in [2.24, 2.45) is 0 Å². The van der Waals surface area contributed by atoms with Crippen LogP contribution in [0.1, 0.15) is 57.4 Å². The highest BCUT2D eigenvalue weighted by Gasteiger charge is 2.26. The summed E-state index contributed by atoms with van der Waals surface area (Å²) in [6, 6.07) is 13.3. The third-order valence-electron chi connectivity index (χ3n) is 5.18. The van der Waals surface area contributed by atoms with Crippen molar-refractivity contribution in [2.45, 2.75) is 46.1 Å². The lowest BCUT2D eigenvalue weighted by Gasteiger charge is -2.37. The molecule has 3 rings (SSSR count). The lowest BCUT2D eigenvalue weighted by atomic mass is 9.87. The van der Waals surface area contributed by atoms with Gasteiger partial charge in [0.25, 0.3) is 0 Å². The predicted octanol–water partition coefficient (Wildman–Crippen LogP) is 5.94. The molecule has 3 heteroatoms. The van der Waals surface area contributed by atoms with Gasteiger partial charge in [0.05, 0.1) is 20.3 Å². The molecule has 138 valence electrons. The number of fused-ring (bicyclic) bond motifs is 1. The number of benzene rings is 2. The van der Waals surface area contributed by atoms with Crippen LogP contribution in [0.5, 0.6) is 11.5 Å². The molecule has 0 radical (unpaired) electrons. The van der Waals surface area contributed by atoms with Crippen molar-refractivity contribution in [3.63, 3.8) is 0 Å². The number of methoxy groups -OCH3 is 2. The first-order valence-electron chi connectivity index (χ1n) is 9.10. The Hall–Kier alpha value is -2.42. The Morgan fingerprint density at radius 2 is 1.50 bits per heavy atom. The second kappa shape index (κ2) is 6.71. The normalized spacial score (nSPS) is 16.8. The van der Waals surface area contributed by atoms with Gasteiger partial charge in [-0.2, -0.15) is 0 Å². The minimum atomic E-state index is 0.160. The van der Waals surface area contributed by atoms with Gasteiger partial charge in [-0.05, 0) is 66.3 Å².